The van der Waals surface area contributed by atoms with E-state index in [4.69, 9.17) is 4.52 Å². The quantitative estimate of drug-likeness (QED) is 0.845. The number of carbonyl (C=O) groups is 1. The lowest BCUT2D eigenvalue weighted by molar-refractivity contribution is -0.134. The summed E-state index contributed by atoms with van der Waals surface area (Å²) < 4.78 is 5.34. The number of pyridine rings is 1. The zero-order valence-electron chi connectivity index (χ0n) is 13.7. The number of rotatable bonds is 5. The van der Waals surface area contributed by atoms with Crippen LogP contribution in [0.5, 0.6) is 0 Å². The van der Waals surface area contributed by atoms with Gasteiger partial charge in [0.15, 0.2) is 5.82 Å². The van der Waals surface area contributed by atoms with E-state index in [9.17, 15) is 4.79 Å². The number of piperidine rings is 1. The van der Waals surface area contributed by atoms with E-state index in [0.29, 0.717) is 23.6 Å². The molecule has 4 rings (SSSR count). The molecule has 6 heteroatoms. The summed E-state index contributed by atoms with van der Waals surface area (Å²) in [6, 6.07) is 3.72. The number of carbonyl (C=O) groups excluding carboxylic acids is 1. The minimum absolute atomic E-state index is 0.323. The van der Waals surface area contributed by atoms with Crippen molar-refractivity contribution in [2.75, 3.05) is 13.1 Å². The largest absolute Gasteiger partial charge is 0.342 e. The van der Waals surface area contributed by atoms with Gasteiger partial charge in [0, 0.05) is 43.4 Å². The van der Waals surface area contributed by atoms with Gasteiger partial charge in [-0.15, -0.1) is 0 Å². The molecule has 1 aliphatic heterocycles. The van der Waals surface area contributed by atoms with Crippen molar-refractivity contribution in [2.45, 2.75) is 38.5 Å². The number of hydrogen-bond donors (Lipinski definition) is 0. The number of likely N-dealkylation sites (tertiary alicyclic amines) is 1. The highest BCUT2D eigenvalue weighted by atomic mass is 16.5. The summed E-state index contributed by atoms with van der Waals surface area (Å²) in [6.07, 6.45) is 9.69. The molecule has 2 aromatic heterocycles. The maximum atomic E-state index is 12.2. The van der Waals surface area contributed by atoms with Crippen LogP contribution in [0.1, 0.15) is 37.9 Å². The van der Waals surface area contributed by atoms with Crippen molar-refractivity contribution in [1.82, 2.24) is 20.0 Å². The maximum absolute atomic E-state index is 12.2. The van der Waals surface area contributed by atoms with Gasteiger partial charge in [-0.2, -0.15) is 4.98 Å². The van der Waals surface area contributed by atoms with Crippen molar-refractivity contribution in [3.05, 3.63) is 30.4 Å². The van der Waals surface area contributed by atoms with Crippen LogP contribution < -0.4 is 0 Å². The molecular formula is C18H22N4O2. The molecule has 1 amide bonds. The third-order valence-electron chi connectivity index (χ3n) is 4.93. The smallest absolute Gasteiger partial charge is 0.258 e. The fourth-order valence-electron chi connectivity index (χ4n) is 3.39. The van der Waals surface area contributed by atoms with Gasteiger partial charge in [-0.05, 0) is 50.2 Å². The Morgan fingerprint density at radius 1 is 1.25 bits per heavy atom. The summed E-state index contributed by atoms with van der Waals surface area (Å²) in [5.41, 5.74) is 0.891. The van der Waals surface area contributed by atoms with Crippen LogP contribution in [0.3, 0.4) is 0 Å². The Morgan fingerprint density at radius 3 is 2.88 bits per heavy atom. The summed E-state index contributed by atoms with van der Waals surface area (Å²) in [5, 5.41) is 4.08. The molecule has 126 valence electrons. The molecule has 2 fully saturated rings. The zero-order chi connectivity index (χ0) is 16.4. The summed E-state index contributed by atoms with van der Waals surface area (Å²) in [5.74, 6) is 2.53. The number of amides is 1. The van der Waals surface area contributed by atoms with E-state index < -0.39 is 0 Å². The lowest BCUT2D eigenvalue weighted by Gasteiger charge is -2.32. The normalized spacial score (nSPS) is 21.0. The molecule has 6 nitrogen and oxygen atoms in total. The Bertz CT molecular complexity index is 696. The van der Waals surface area contributed by atoms with E-state index in [1.165, 1.54) is 6.42 Å². The van der Waals surface area contributed by atoms with Crippen molar-refractivity contribution in [2.24, 2.45) is 11.8 Å². The molecule has 1 aliphatic carbocycles. The average Bonchev–Trinajstić information content (AvgIpc) is 3.38. The first-order chi connectivity index (χ1) is 11.8. The number of hydrogen-bond acceptors (Lipinski definition) is 5. The van der Waals surface area contributed by atoms with Crippen LogP contribution in [0, 0.1) is 11.8 Å². The Labute approximate surface area is 141 Å². The van der Waals surface area contributed by atoms with E-state index in [1.54, 1.807) is 12.4 Å². The van der Waals surface area contributed by atoms with Gasteiger partial charge in [-0.25, -0.2) is 0 Å². The standard InChI is InChI=1S/C18H22N4O2/c23-18(15-4-5-15)22-11-1-2-13(12-22)3-6-16-20-17(24-21-16)14-7-9-19-10-8-14/h7-10,13,15H,1-6,11-12H2. The molecule has 0 N–H and O–H groups in total. The predicted molar refractivity (Wildman–Crippen MR) is 87.9 cm³/mol. The van der Waals surface area contributed by atoms with Crippen molar-refractivity contribution >= 4 is 5.91 Å². The van der Waals surface area contributed by atoms with Crippen molar-refractivity contribution in [3.63, 3.8) is 0 Å². The van der Waals surface area contributed by atoms with E-state index in [2.05, 4.69) is 20.0 Å². The minimum atomic E-state index is 0.323. The van der Waals surface area contributed by atoms with Crippen molar-refractivity contribution in [3.8, 4) is 11.5 Å². The third-order valence-corrected chi connectivity index (χ3v) is 4.93. The first-order valence-electron chi connectivity index (χ1n) is 8.81. The van der Waals surface area contributed by atoms with Gasteiger partial charge in [-0.3, -0.25) is 9.78 Å². The maximum Gasteiger partial charge on any atom is 0.258 e. The number of aryl methyl sites for hydroxylation is 1. The van der Waals surface area contributed by atoms with Gasteiger partial charge in [-0.1, -0.05) is 5.16 Å². The van der Waals surface area contributed by atoms with Crippen molar-refractivity contribution in [1.29, 1.82) is 0 Å². The molecule has 1 atom stereocenters. The number of aromatic nitrogens is 3. The van der Waals surface area contributed by atoms with E-state index in [-0.39, 0.29) is 0 Å². The fraction of sp³-hybridized carbons (Fsp3) is 0.556. The zero-order valence-corrected chi connectivity index (χ0v) is 13.7. The Hall–Kier alpha value is -2.24. The highest BCUT2D eigenvalue weighted by Gasteiger charge is 2.35. The Kier molecular flexibility index (Phi) is 4.28. The molecular weight excluding hydrogens is 304 g/mol. The fourth-order valence-corrected chi connectivity index (χ4v) is 3.39. The number of nitrogens with zero attached hydrogens (tertiary/aromatic N) is 4. The van der Waals surface area contributed by atoms with Crippen LogP contribution in [-0.4, -0.2) is 39.0 Å². The average molecular weight is 326 g/mol. The second kappa shape index (κ2) is 6.71. The van der Waals surface area contributed by atoms with Gasteiger partial charge < -0.3 is 9.42 Å². The van der Waals surface area contributed by atoms with Crippen LogP contribution in [-0.2, 0) is 11.2 Å². The molecule has 1 saturated carbocycles. The highest BCUT2D eigenvalue weighted by molar-refractivity contribution is 5.81. The highest BCUT2D eigenvalue weighted by Crippen LogP contribution is 2.33. The molecule has 2 aromatic rings. The van der Waals surface area contributed by atoms with Gasteiger partial charge in [0.1, 0.15) is 0 Å². The molecule has 1 saturated heterocycles. The molecule has 3 heterocycles. The summed E-state index contributed by atoms with van der Waals surface area (Å²) in [4.78, 5) is 22.8. The topological polar surface area (TPSA) is 72.1 Å². The first kappa shape index (κ1) is 15.3. The van der Waals surface area contributed by atoms with Crippen LogP contribution in [0.4, 0.5) is 0 Å². The lowest BCUT2D eigenvalue weighted by Crippen LogP contribution is -2.40. The van der Waals surface area contributed by atoms with Crippen molar-refractivity contribution < 1.29 is 9.32 Å². The van der Waals surface area contributed by atoms with Crippen LogP contribution >= 0.6 is 0 Å². The van der Waals surface area contributed by atoms with Crippen LogP contribution in [0.25, 0.3) is 11.5 Å². The molecule has 0 spiro atoms. The second-order valence-electron chi connectivity index (χ2n) is 6.86. The van der Waals surface area contributed by atoms with E-state index >= 15 is 0 Å². The summed E-state index contributed by atoms with van der Waals surface area (Å²) in [7, 11) is 0. The molecule has 24 heavy (non-hydrogen) atoms. The molecule has 0 radical (unpaired) electrons. The van der Waals surface area contributed by atoms with E-state index in [0.717, 1.165) is 56.6 Å². The molecule has 2 aliphatic rings. The Morgan fingerprint density at radius 2 is 2.08 bits per heavy atom. The van der Waals surface area contributed by atoms with Crippen LogP contribution in [0.2, 0.25) is 0 Å². The van der Waals surface area contributed by atoms with Gasteiger partial charge >= 0.3 is 0 Å². The molecule has 1 unspecified atom stereocenters. The summed E-state index contributed by atoms with van der Waals surface area (Å²) >= 11 is 0. The lowest BCUT2D eigenvalue weighted by atomic mass is 9.93. The predicted octanol–water partition coefficient (Wildman–Crippen LogP) is 2.71. The van der Waals surface area contributed by atoms with Gasteiger partial charge in [0.2, 0.25) is 5.91 Å². The third kappa shape index (κ3) is 3.47. The van der Waals surface area contributed by atoms with Gasteiger partial charge in [0.05, 0.1) is 0 Å². The summed E-state index contributed by atoms with van der Waals surface area (Å²) in [6.45, 7) is 1.82. The van der Waals surface area contributed by atoms with E-state index in [1.807, 2.05) is 12.1 Å². The second-order valence-corrected chi connectivity index (χ2v) is 6.86. The molecule has 0 aromatic carbocycles. The SMILES string of the molecule is O=C(C1CC1)N1CCCC(CCc2noc(-c3ccncc3)n2)C1. The minimum Gasteiger partial charge on any atom is -0.342 e. The molecule has 0 bridgehead atoms. The van der Waals surface area contributed by atoms with Crippen LogP contribution in [0.15, 0.2) is 29.0 Å². The monoisotopic (exact) mass is 326 g/mol. The van der Waals surface area contributed by atoms with Gasteiger partial charge in [0.25, 0.3) is 5.89 Å². The first-order valence-corrected chi connectivity index (χ1v) is 8.81. The Balaban J connectivity index is 1.32.